The molecule has 3 heterocycles. The van der Waals surface area contributed by atoms with Crippen molar-refractivity contribution in [3.05, 3.63) is 59.3 Å². The van der Waals surface area contributed by atoms with Gasteiger partial charge in [-0.3, -0.25) is 9.59 Å². The molecule has 0 aliphatic carbocycles. The minimum absolute atomic E-state index is 0.0111. The minimum Gasteiger partial charge on any atom is -0.372 e. The molecule has 2 unspecified atom stereocenters. The van der Waals surface area contributed by atoms with Gasteiger partial charge in [0.15, 0.2) is 0 Å². The molecule has 0 bridgehead atoms. The van der Waals surface area contributed by atoms with Gasteiger partial charge in [-0.25, -0.2) is 8.42 Å². The van der Waals surface area contributed by atoms with Crippen LogP contribution in [-0.4, -0.2) is 73.5 Å². The molecule has 1 aromatic rings. The molecule has 1 aromatic carbocycles. The number of rotatable bonds is 4. The van der Waals surface area contributed by atoms with E-state index in [-0.39, 0.29) is 36.3 Å². The second-order valence-electron chi connectivity index (χ2n) is 8.19. The topological polar surface area (TPSA) is 108 Å². The van der Waals surface area contributed by atoms with Crippen molar-refractivity contribution in [3.8, 4) is 0 Å². The van der Waals surface area contributed by atoms with Crippen LogP contribution in [0.2, 0.25) is 0 Å². The molecule has 2 amide bonds. The number of benzene rings is 1. The van der Waals surface area contributed by atoms with Crippen LogP contribution in [0.4, 0.5) is 0 Å². The van der Waals surface area contributed by atoms with Crippen LogP contribution < -0.4 is 5.32 Å². The van der Waals surface area contributed by atoms with Crippen molar-refractivity contribution >= 4 is 27.7 Å². The van der Waals surface area contributed by atoms with Crippen molar-refractivity contribution in [2.75, 3.05) is 25.4 Å². The molecule has 0 aromatic heterocycles. The summed E-state index contributed by atoms with van der Waals surface area (Å²) < 4.78 is 32.6. The van der Waals surface area contributed by atoms with Crippen molar-refractivity contribution in [2.45, 2.75) is 32.6 Å². The smallest absolute Gasteiger partial charge is 0.256 e. The Bertz CT molecular complexity index is 1100. The van der Waals surface area contributed by atoms with E-state index in [1.54, 1.807) is 34.2 Å². The van der Waals surface area contributed by atoms with Crippen molar-refractivity contribution in [3.63, 3.8) is 0 Å². The van der Waals surface area contributed by atoms with Crippen LogP contribution in [0.1, 0.15) is 29.8 Å². The van der Waals surface area contributed by atoms with Gasteiger partial charge in [-0.05, 0) is 43.7 Å². The molecule has 32 heavy (non-hydrogen) atoms. The van der Waals surface area contributed by atoms with Gasteiger partial charge in [0.25, 0.3) is 21.8 Å². The molecule has 0 spiro atoms. The SMILES string of the molecule is CC1CN(C(=O)c2ccc(CNC(=O)C3=CN4CCS(=O)(=O)N=C4C=C3)cc2)CC(C)O1. The van der Waals surface area contributed by atoms with Gasteiger partial charge in [-0.1, -0.05) is 12.1 Å². The highest BCUT2D eigenvalue weighted by atomic mass is 32.2. The zero-order valence-electron chi connectivity index (χ0n) is 18.0. The summed E-state index contributed by atoms with van der Waals surface area (Å²) >= 11 is 0. The van der Waals surface area contributed by atoms with E-state index < -0.39 is 10.0 Å². The zero-order chi connectivity index (χ0) is 22.9. The van der Waals surface area contributed by atoms with Gasteiger partial charge in [-0.2, -0.15) is 0 Å². The van der Waals surface area contributed by atoms with Gasteiger partial charge in [0.1, 0.15) is 5.84 Å². The van der Waals surface area contributed by atoms with Crippen LogP contribution in [0.25, 0.3) is 0 Å². The van der Waals surface area contributed by atoms with E-state index in [0.717, 1.165) is 5.56 Å². The molecule has 170 valence electrons. The van der Waals surface area contributed by atoms with Crippen molar-refractivity contribution in [1.82, 2.24) is 15.1 Å². The number of hydrogen-bond acceptors (Lipinski definition) is 6. The number of nitrogens with one attached hydrogen (secondary N) is 1. The van der Waals surface area contributed by atoms with Crippen LogP contribution in [-0.2, 0) is 26.1 Å². The van der Waals surface area contributed by atoms with Crippen LogP contribution >= 0.6 is 0 Å². The predicted molar refractivity (Wildman–Crippen MR) is 119 cm³/mol. The second kappa shape index (κ2) is 8.87. The predicted octanol–water partition coefficient (Wildman–Crippen LogP) is 1.05. The lowest BCUT2D eigenvalue weighted by Crippen LogP contribution is -2.48. The molecule has 3 aliphatic rings. The molecule has 0 saturated carbocycles. The summed E-state index contributed by atoms with van der Waals surface area (Å²) in [6, 6.07) is 7.19. The first kappa shape index (κ1) is 22.2. The number of carbonyl (C=O) groups is 2. The number of carbonyl (C=O) groups excluding carboxylic acids is 2. The average molecular weight is 459 g/mol. The standard InChI is InChI=1S/C22H26N4O5S/c1-15-12-26(13-16(2)31-15)22(28)18-5-3-17(4-6-18)11-23-21(27)19-7-8-20-24-32(29,30)10-9-25(20)14-19/h3-8,14-16H,9-13H2,1-2H3,(H,23,27). The summed E-state index contributed by atoms with van der Waals surface area (Å²) in [5, 5.41) is 2.85. The normalized spacial score (nSPS) is 24.3. The van der Waals surface area contributed by atoms with E-state index in [0.29, 0.717) is 36.6 Å². The van der Waals surface area contributed by atoms with Crippen molar-refractivity contribution < 1.29 is 22.7 Å². The summed E-state index contributed by atoms with van der Waals surface area (Å²) in [6.45, 7) is 5.62. The first-order chi connectivity index (χ1) is 15.2. The Hall–Kier alpha value is -2.98. The van der Waals surface area contributed by atoms with Crippen molar-refractivity contribution in [1.29, 1.82) is 0 Å². The quantitative estimate of drug-likeness (QED) is 0.723. The Labute approximate surface area is 187 Å². The number of ether oxygens (including phenoxy) is 1. The van der Waals surface area contributed by atoms with E-state index in [4.69, 9.17) is 4.74 Å². The number of sulfonamides is 1. The Morgan fingerprint density at radius 3 is 2.50 bits per heavy atom. The van der Waals surface area contributed by atoms with Gasteiger partial charge in [0.2, 0.25) is 0 Å². The first-order valence-corrected chi connectivity index (χ1v) is 12.1. The molecule has 4 rings (SSSR count). The van der Waals surface area contributed by atoms with E-state index in [2.05, 4.69) is 9.71 Å². The minimum atomic E-state index is -3.43. The summed E-state index contributed by atoms with van der Waals surface area (Å²) in [5.41, 5.74) is 1.89. The molecule has 1 N–H and O–H groups in total. The maximum atomic E-state index is 12.8. The Balaban J connectivity index is 1.34. The molecule has 10 heteroatoms. The molecule has 9 nitrogen and oxygen atoms in total. The molecule has 1 saturated heterocycles. The van der Waals surface area contributed by atoms with Crippen molar-refractivity contribution in [2.24, 2.45) is 4.40 Å². The zero-order valence-corrected chi connectivity index (χ0v) is 18.8. The number of amidine groups is 1. The van der Waals surface area contributed by atoms with Gasteiger partial charge >= 0.3 is 0 Å². The van der Waals surface area contributed by atoms with Gasteiger partial charge in [0, 0.05) is 37.9 Å². The Kier molecular flexibility index (Phi) is 6.16. The van der Waals surface area contributed by atoms with Gasteiger partial charge in [-0.15, -0.1) is 4.40 Å². The summed E-state index contributed by atoms with van der Waals surface area (Å²) in [7, 11) is -3.43. The largest absolute Gasteiger partial charge is 0.372 e. The van der Waals surface area contributed by atoms with Crippen LogP contribution in [0.5, 0.6) is 0 Å². The number of hydrogen-bond donors (Lipinski definition) is 1. The molecule has 3 aliphatic heterocycles. The lowest BCUT2D eigenvalue weighted by atomic mass is 10.1. The van der Waals surface area contributed by atoms with Gasteiger partial charge in [0.05, 0.1) is 23.5 Å². The highest BCUT2D eigenvalue weighted by molar-refractivity contribution is 7.90. The van der Waals surface area contributed by atoms with Crippen LogP contribution in [0.3, 0.4) is 0 Å². The lowest BCUT2D eigenvalue weighted by Gasteiger charge is -2.35. The third-order valence-corrected chi connectivity index (χ3v) is 6.61. The molecule has 0 radical (unpaired) electrons. The fraction of sp³-hybridized carbons (Fsp3) is 0.409. The van der Waals surface area contributed by atoms with Gasteiger partial charge < -0.3 is 19.9 Å². The third-order valence-electron chi connectivity index (χ3n) is 5.45. The van der Waals surface area contributed by atoms with E-state index in [1.807, 2.05) is 26.0 Å². The molecular formula is C22H26N4O5S. The maximum absolute atomic E-state index is 12.8. The molecular weight excluding hydrogens is 432 g/mol. The third kappa shape index (κ3) is 5.08. The highest BCUT2D eigenvalue weighted by Crippen LogP contribution is 2.17. The number of morpholine rings is 1. The fourth-order valence-electron chi connectivity index (χ4n) is 3.91. The number of nitrogens with zero attached hydrogens (tertiary/aromatic N) is 3. The number of fused-ring (bicyclic) bond motifs is 1. The fourth-order valence-corrected chi connectivity index (χ4v) is 4.88. The Morgan fingerprint density at radius 2 is 1.81 bits per heavy atom. The average Bonchev–Trinajstić information content (AvgIpc) is 2.75. The summed E-state index contributed by atoms with van der Waals surface area (Å²) in [6.07, 6.45) is 4.71. The lowest BCUT2D eigenvalue weighted by molar-refractivity contribution is -0.117. The van der Waals surface area contributed by atoms with Crippen LogP contribution in [0, 0.1) is 0 Å². The first-order valence-electron chi connectivity index (χ1n) is 10.5. The van der Waals surface area contributed by atoms with E-state index in [1.165, 1.54) is 6.08 Å². The monoisotopic (exact) mass is 458 g/mol. The summed E-state index contributed by atoms with van der Waals surface area (Å²) in [4.78, 5) is 28.8. The van der Waals surface area contributed by atoms with E-state index >= 15 is 0 Å². The number of amides is 2. The van der Waals surface area contributed by atoms with E-state index in [9.17, 15) is 18.0 Å². The summed E-state index contributed by atoms with van der Waals surface area (Å²) in [5.74, 6) is -0.0632. The van der Waals surface area contributed by atoms with Crippen LogP contribution in [0.15, 0.2) is 52.6 Å². The molecule has 1 fully saturated rings. The Morgan fingerprint density at radius 1 is 1.12 bits per heavy atom. The highest BCUT2D eigenvalue weighted by Gasteiger charge is 2.27. The molecule has 2 atom stereocenters. The second-order valence-corrected chi connectivity index (χ2v) is 9.95. The maximum Gasteiger partial charge on any atom is 0.256 e.